The minimum absolute atomic E-state index is 0.0300. The molecular formula is C28H40N2O9. The van der Waals surface area contributed by atoms with Crippen LogP contribution in [0.3, 0.4) is 0 Å². The van der Waals surface area contributed by atoms with Crippen molar-refractivity contribution in [3.63, 3.8) is 0 Å². The van der Waals surface area contributed by atoms with Crippen molar-refractivity contribution in [3.05, 3.63) is 53.1 Å². The summed E-state index contributed by atoms with van der Waals surface area (Å²) in [5, 5.41) is 45.6. The largest absolute Gasteiger partial charge is 0.508 e. The number of ether oxygens (including phenoxy) is 3. The van der Waals surface area contributed by atoms with Crippen molar-refractivity contribution in [1.29, 1.82) is 0 Å². The number of phenols is 2. The number of phenolic OH excluding ortho intramolecular Hbond substituents is 2. The number of allylic oxidation sites excluding steroid dienone is 2. The molecule has 1 aromatic carbocycles. The highest BCUT2D eigenvalue weighted by molar-refractivity contribution is 6.04. The number of anilines is 1. The molecule has 0 saturated heterocycles. The number of amides is 2. The van der Waals surface area contributed by atoms with Gasteiger partial charge in [-0.05, 0) is 37.8 Å². The minimum Gasteiger partial charge on any atom is -0.508 e. The fourth-order valence-corrected chi connectivity index (χ4v) is 4.67. The molecule has 2 rings (SSSR count). The first-order valence-corrected chi connectivity index (χ1v) is 12.6. The van der Waals surface area contributed by atoms with Crippen molar-refractivity contribution in [2.45, 2.75) is 64.6 Å². The third-order valence-electron chi connectivity index (χ3n) is 6.79. The summed E-state index contributed by atoms with van der Waals surface area (Å²) in [5.74, 6) is -2.06. The molecule has 0 aromatic heterocycles. The summed E-state index contributed by atoms with van der Waals surface area (Å²) in [6.45, 7) is 6.70. The second kappa shape index (κ2) is 14.1. The van der Waals surface area contributed by atoms with Crippen molar-refractivity contribution in [1.82, 2.24) is 0 Å². The summed E-state index contributed by atoms with van der Waals surface area (Å²) in [6, 6.07) is 2.53. The maximum atomic E-state index is 12.8. The van der Waals surface area contributed by atoms with E-state index in [4.69, 9.17) is 19.9 Å². The fraction of sp³-hybridized carbons (Fsp3) is 0.500. The summed E-state index contributed by atoms with van der Waals surface area (Å²) in [7, 11) is 2.83. The van der Waals surface area contributed by atoms with Gasteiger partial charge in [0.25, 0.3) is 5.91 Å². The Morgan fingerprint density at radius 3 is 2.33 bits per heavy atom. The van der Waals surface area contributed by atoms with Gasteiger partial charge in [0, 0.05) is 37.3 Å². The molecule has 0 aliphatic carbocycles. The third-order valence-corrected chi connectivity index (χ3v) is 6.79. The van der Waals surface area contributed by atoms with E-state index < -0.39 is 54.4 Å². The molecule has 2 bridgehead atoms. The van der Waals surface area contributed by atoms with Crippen LogP contribution in [0.1, 0.15) is 45.8 Å². The molecule has 0 fully saturated rings. The fourth-order valence-electron chi connectivity index (χ4n) is 4.67. The summed E-state index contributed by atoms with van der Waals surface area (Å²) in [4.78, 5) is 24.5. The number of hydrogen-bond donors (Lipinski definition) is 6. The molecule has 1 heterocycles. The molecule has 11 nitrogen and oxygen atoms in total. The van der Waals surface area contributed by atoms with Crippen LogP contribution in [-0.4, -0.2) is 71.1 Å². The van der Waals surface area contributed by atoms with Crippen LogP contribution >= 0.6 is 0 Å². The highest BCUT2D eigenvalue weighted by atomic mass is 16.6. The average molecular weight is 549 g/mol. The summed E-state index contributed by atoms with van der Waals surface area (Å²) >= 11 is 0. The standard InChI is InChI=1S/C28H40N2O9/c1-14-8-7-9-22(37-5)26(39-28(29)36)16(3)10-15(2)23(33)21(32)11-17(4)25(38-6)19-12-18(31)13-20(24(19)34)30-27(14)35/h7-10,12-13,15,17,21-23,25-26,31-34H,11H2,1-6H3,(H2,29,36)(H,30,35)/b9-7?,14-8+,16-10?. The molecule has 7 unspecified atom stereocenters. The predicted octanol–water partition coefficient (Wildman–Crippen LogP) is 3.05. The number of aliphatic hydroxyl groups excluding tert-OH is 2. The second-order valence-electron chi connectivity index (χ2n) is 9.87. The molecule has 1 aliphatic rings. The van der Waals surface area contributed by atoms with E-state index in [2.05, 4.69) is 5.32 Å². The van der Waals surface area contributed by atoms with Gasteiger partial charge in [-0.3, -0.25) is 4.79 Å². The van der Waals surface area contributed by atoms with Crippen LogP contribution < -0.4 is 11.1 Å². The molecule has 39 heavy (non-hydrogen) atoms. The smallest absolute Gasteiger partial charge is 0.405 e. The van der Waals surface area contributed by atoms with Gasteiger partial charge >= 0.3 is 6.09 Å². The molecule has 7 N–H and O–H groups in total. The van der Waals surface area contributed by atoms with Gasteiger partial charge in [0.05, 0.1) is 24.0 Å². The normalized spacial score (nSPS) is 30.6. The number of nitrogens with two attached hydrogens (primary N) is 1. The number of nitrogens with one attached hydrogen (secondary N) is 1. The van der Waals surface area contributed by atoms with Crippen LogP contribution in [0.4, 0.5) is 10.5 Å². The molecule has 0 saturated carbocycles. The van der Waals surface area contributed by atoms with E-state index in [1.54, 1.807) is 45.9 Å². The zero-order valence-corrected chi connectivity index (χ0v) is 23.1. The van der Waals surface area contributed by atoms with Gasteiger partial charge in [0.2, 0.25) is 0 Å². The van der Waals surface area contributed by atoms with Gasteiger partial charge in [0.1, 0.15) is 17.6 Å². The summed E-state index contributed by atoms with van der Waals surface area (Å²) in [6.07, 6.45) is 0.389. The van der Waals surface area contributed by atoms with Gasteiger partial charge in [-0.1, -0.05) is 38.2 Å². The lowest BCUT2D eigenvalue weighted by atomic mass is 9.86. The van der Waals surface area contributed by atoms with E-state index in [1.165, 1.54) is 32.4 Å². The maximum absolute atomic E-state index is 12.8. The molecule has 11 heteroatoms. The number of methoxy groups -OCH3 is 2. The highest BCUT2D eigenvalue weighted by Gasteiger charge is 2.31. The number of carbonyl (C=O) groups is 2. The topological polar surface area (TPSA) is 181 Å². The van der Waals surface area contributed by atoms with Crippen LogP contribution in [0.15, 0.2) is 47.6 Å². The Bertz CT molecular complexity index is 1110. The number of rotatable bonds is 3. The molecule has 1 aliphatic heterocycles. The van der Waals surface area contributed by atoms with Gasteiger partial charge in [0.15, 0.2) is 6.10 Å². The number of primary amides is 1. The van der Waals surface area contributed by atoms with Gasteiger partial charge < -0.3 is 45.7 Å². The summed E-state index contributed by atoms with van der Waals surface area (Å²) < 4.78 is 16.4. The van der Waals surface area contributed by atoms with Crippen LogP contribution in [0.2, 0.25) is 0 Å². The molecule has 1 aromatic rings. The van der Waals surface area contributed by atoms with Gasteiger partial charge in [-0.25, -0.2) is 4.79 Å². The molecule has 2 amide bonds. The van der Waals surface area contributed by atoms with Crippen molar-refractivity contribution in [2.75, 3.05) is 19.5 Å². The van der Waals surface area contributed by atoms with Gasteiger partial charge in [-0.2, -0.15) is 0 Å². The second-order valence-corrected chi connectivity index (χ2v) is 9.87. The zero-order chi connectivity index (χ0) is 29.4. The number of hydrogen-bond acceptors (Lipinski definition) is 9. The predicted molar refractivity (Wildman–Crippen MR) is 145 cm³/mol. The lowest BCUT2D eigenvalue weighted by Crippen LogP contribution is -2.36. The van der Waals surface area contributed by atoms with E-state index >= 15 is 0 Å². The van der Waals surface area contributed by atoms with E-state index in [1.807, 2.05) is 0 Å². The van der Waals surface area contributed by atoms with E-state index in [9.17, 15) is 30.0 Å². The molecule has 0 radical (unpaired) electrons. The Hall–Kier alpha value is -3.38. The Kier molecular flexibility index (Phi) is 11.5. The first-order chi connectivity index (χ1) is 18.3. The lowest BCUT2D eigenvalue weighted by Gasteiger charge is -2.30. The average Bonchev–Trinajstić information content (AvgIpc) is 2.86. The maximum Gasteiger partial charge on any atom is 0.405 e. The monoisotopic (exact) mass is 548 g/mol. The Morgan fingerprint density at radius 1 is 1.08 bits per heavy atom. The van der Waals surface area contributed by atoms with Crippen molar-refractivity contribution < 1.29 is 44.2 Å². The van der Waals surface area contributed by atoms with Gasteiger partial charge in [-0.15, -0.1) is 0 Å². The molecular weight excluding hydrogens is 508 g/mol. The lowest BCUT2D eigenvalue weighted by molar-refractivity contribution is -0.112. The van der Waals surface area contributed by atoms with Crippen molar-refractivity contribution in [2.24, 2.45) is 17.6 Å². The van der Waals surface area contributed by atoms with E-state index in [0.717, 1.165) is 0 Å². The minimum atomic E-state index is -1.20. The highest BCUT2D eigenvalue weighted by Crippen LogP contribution is 2.41. The van der Waals surface area contributed by atoms with E-state index in [0.29, 0.717) is 5.57 Å². The Morgan fingerprint density at radius 2 is 1.74 bits per heavy atom. The number of aliphatic hydroxyl groups is 2. The van der Waals surface area contributed by atoms with E-state index in [-0.39, 0.29) is 34.7 Å². The number of benzene rings is 1. The quantitative estimate of drug-likeness (QED) is 0.188. The third kappa shape index (κ3) is 8.30. The number of carbonyl (C=O) groups excluding carboxylic acids is 2. The van der Waals surface area contributed by atoms with Crippen LogP contribution in [0.25, 0.3) is 0 Å². The Labute approximate surface area is 228 Å². The SMILES string of the molecule is COC1C=C/C=C(\C)C(=O)Nc2cc(O)cc(c2O)C(OC)C(C)CC(O)C(O)C(C)C=C(C)C1OC(N)=O. The van der Waals surface area contributed by atoms with Crippen LogP contribution in [0.5, 0.6) is 11.5 Å². The summed E-state index contributed by atoms with van der Waals surface area (Å²) in [5.41, 5.74) is 6.26. The van der Waals surface area contributed by atoms with Crippen LogP contribution in [-0.2, 0) is 19.0 Å². The van der Waals surface area contributed by atoms with Crippen LogP contribution in [0, 0.1) is 11.8 Å². The molecule has 216 valence electrons. The first kappa shape index (κ1) is 31.8. The molecule has 7 atom stereocenters. The molecule has 0 spiro atoms. The first-order valence-electron chi connectivity index (χ1n) is 12.6. The van der Waals surface area contributed by atoms with Crippen molar-refractivity contribution >= 4 is 17.7 Å². The number of fused-ring (bicyclic) bond motifs is 2. The Balaban J connectivity index is 2.63. The number of aromatic hydroxyl groups is 2. The van der Waals surface area contributed by atoms with Crippen molar-refractivity contribution in [3.8, 4) is 11.5 Å². The zero-order valence-electron chi connectivity index (χ0n) is 23.1.